The summed E-state index contributed by atoms with van der Waals surface area (Å²) in [7, 11) is 3.29. The van der Waals surface area contributed by atoms with E-state index in [2.05, 4.69) is 30.9 Å². The summed E-state index contributed by atoms with van der Waals surface area (Å²) in [6, 6.07) is 16.1. The molecule has 0 aliphatic rings. The Labute approximate surface area is 168 Å². The van der Waals surface area contributed by atoms with Gasteiger partial charge in [0.25, 0.3) is 0 Å². The number of benzene rings is 2. The Hall–Kier alpha value is -2.08. The molecule has 0 saturated heterocycles. The van der Waals surface area contributed by atoms with Crippen LogP contribution < -0.4 is 9.47 Å². The standard InChI is InChI=1S/C23H33NO4/c1-18(2)16-28-17-21(25)15-24(13-19-9-6-5-7-10-19)14-20-11-8-12-22(26-3)23(20)27-4/h5-12,18,21,25H,13-17H2,1-4H3/t21-/m1/s1. The molecule has 0 spiro atoms. The first-order valence-corrected chi connectivity index (χ1v) is 9.75. The van der Waals surface area contributed by atoms with Gasteiger partial charge in [0.15, 0.2) is 11.5 Å². The Bertz CT molecular complexity index is 690. The van der Waals surface area contributed by atoms with Gasteiger partial charge in [0.1, 0.15) is 0 Å². The second kappa shape index (κ2) is 11.7. The van der Waals surface area contributed by atoms with Crippen molar-refractivity contribution in [3.05, 3.63) is 59.7 Å². The van der Waals surface area contributed by atoms with Crippen molar-refractivity contribution in [2.24, 2.45) is 5.92 Å². The van der Waals surface area contributed by atoms with Crippen LogP contribution >= 0.6 is 0 Å². The van der Waals surface area contributed by atoms with Gasteiger partial charge in [0.2, 0.25) is 0 Å². The number of hydrogen-bond donors (Lipinski definition) is 1. The lowest BCUT2D eigenvalue weighted by atomic mass is 10.1. The lowest BCUT2D eigenvalue weighted by Gasteiger charge is -2.26. The van der Waals surface area contributed by atoms with Gasteiger partial charge in [-0.3, -0.25) is 4.90 Å². The van der Waals surface area contributed by atoms with Crippen molar-refractivity contribution in [3.63, 3.8) is 0 Å². The number of para-hydroxylation sites is 1. The fraction of sp³-hybridized carbons (Fsp3) is 0.478. The highest BCUT2D eigenvalue weighted by Crippen LogP contribution is 2.31. The van der Waals surface area contributed by atoms with Gasteiger partial charge in [-0.1, -0.05) is 56.3 Å². The molecule has 5 heteroatoms. The highest BCUT2D eigenvalue weighted by atomic mass is 16.5. The molecule has 2 rings (SSSR count). The Morgan fingerprint density at radius 3 is 2.29 bits per heavy atom. The van der Waals surface area contributed by atoms with E-state index in [1.807, 2.05) is 36.4 Å². The monoisotopic (exact) mass is 387 g/mol. The first-order valence-electron chi connectivity index (χ1n) is 9.75. The molecule has 0 bridgehead atoms. The van der Waals surface area contributed by atoms with Gasteiger partial charge in [-0.25, -0.2) is 0 Å². The van der Waals surface area contributed by atoms with Crippen molar-refractivity contribution in [1.82, 2.24) is 4.90 Å². The van der Waals surface area contributed by atoms with Crippen LogP contribution in [0.3, 0.4) is 0 Å². The maximum atomic E-state index is 10.5. The maximum absolute atomic E-state index is 10.5. The molecule has 0 unspecified atom stereocenters. The molecule has 5 nitrogen and oxygen atoms in total. The Morgan fingerprint density at radius 1 is 0.893 bits per heavy atom. The molecule has 0 amide bonds. The number of ether oxygens (including phenoxy) is 3. The van der Waals surface area contributed by atoms with E-state index < -0.39 is 6.10 Å². The van der Waals surface area contributed by atoms with E-state index in [1.165, 1.54) is 5.56 Å². The summed E-state index contributed by atoms with van der Waals surface area (Å²) >= 11 is 0. The van der Waals surface area contributed by atoms with E-state index in [0.717, 1.165) is 17.9 Å². The number of hydrogen-bond acceptors (Lipinski definition) is 5. The molecule has 0 radical (unpaired) electrons. The fourth-order valence-corrected chi connectivity index (χ4v) is 3.14. The quantitative estimate of drug-likeness (QED) is 0.601. The minimum absolute atomic E-state index is 0.332. The zero-order valence-corrected chi connectivity index (χ0v) is 17.4. The van der Waals surface area contributed by atoms with Gasteiger partial charge in [-0.2, -0.15) is 0 Å². The van der Waals surface area contributed by atoms with Crippen LogP contribution in [0.5, 0.6) is 11.5 Å². The third kappa shape index (κ3) is 7.15. The summed E-state index contributed by atoms with van der Waals surface area (Å²) in [4.78, 5) is 2.20. The fourth-order valence-electron chi connectivity index (χ4n) is 3.14. The van der Waals surface area contributed by atoms with Crippen molar-refractivity contribution >= 4 is 0 Å². The van der Waals surface area contributed by atoms with Gasteiger partial charge >= 0.3 is 0 Å². The molecule has 154 valence electrons. The van der Waals surface area contributed by atoms with Crippen LogP contribution in [0.1, 0.15) is 25.0 Å². The smallest absolute Gasteiger partial charge is 0.165 e. The number of methoxy groups -OCH3 is 2. The second-order valence-electron chi connectivity index (χ2n) is 7.39. The molecule has 0 fully saturated rings. The second-order valence-corrected chi connectivity index (χ2v) is 7.39. The van der Waals surface area contributed by atoms with Crippen LogP contribution in [0.4, 0.5) is 0 Å². The number of nitrogens with zero attached hydrogens (tertiary/aromatic N) is 1. The van der Waals surface area contributed by atoms with Gasteiger partial charge < -0.3 is 19.3 Å². The highest BCUT2D eigenvalue weighted by Gasteiger charge is 2.17. The zero-order valence-electron chi connectivity index (χ0n) is 17.4. The van der Waals surface area contributed by atoms with Crippen molar-refractivity contribution in [2.75, 3.05) is 34.0 Å². The molecule has 2 aromatic carbocycles. The first kappa shape index (κ1) is 22.2. The molecule has 0 heterocycles. The van der Waals surface area contributed by atoms with Crippen molar-refractivity contribution in [3.8, 4) is 11.5 Å². The van der Waals surface area contributed by atoms with E-state index in [0.29, 0.717) is 38.0 Å². The van der Waals surface area contributed by atoms with Crippen molar-refractivity contribution in [2.45, 2.75) is 33.0 Å². The van der Waals surface area contributed by atoms with E-state index in [1.54, 1.807) is 14.2 Å². The maximum Gasteiger partial charge on any atom is 0.165 e. The minimum Gasteiger partial charge on any atom is -0.493 e. The largest absolute Gasteiger partial charge is 0.493 e. The summed E-state index contributed by atoms with van der Waals surface area (Å²) < 4.78 is 16.6. The topological polar surface area (TPSA) is 51.2 Å². The third-order valence-electron chi connectivity index (χ3n) is 4.36. The molecule has 0 saturated carbocycles. The molecular weight excluding hydrogens is 354 g/mol. The van der Waals surface area contributed by atoms with Gasteiger partial charge in [-0.05, 0) is 17.5 Å². The molecule has 0 aliphatic heterocycles. The van der Waals surface area contributed by atoms with E-state index in [9.17, 15) is 5.11 Å². The Morgan fingerprint density at radius 2 is 1.64 bits per heavy atom. The number of rotatable bonds is 12. The van der Waals surface area contributed by atoms with Crippen LogP contribution in [0, 0.1) is 5.92 Å². The van der Waals surface area contributed by atoms with Gasteiger partial charge in [-0.15, -0.1) is 0 Å². The average molecular weight is 388 g/mol. The van der Waals surface area contributed by atoms with Crippen LogP contribution in [0.2, 0.25) is 0 Å². The predicted octanol–water partition coefficient (Wildman–Crippen LogP) is 3.74. The normalized spacial score (nSPS) is 12.4. The number of aliphatic hydroxyl groups is 1. The SMILES string of the molecule is COc1cccc(CN(Cc2ccccc2)C[C@@H](O)COCC(C)C)c1OC. The van der Waals surface area contributed by atoms with Crippen LogP contribution in [0.25, 0.3) is 0 Å². The molecule has 1 N–H and O–H groups in total. The Balaban J connectivity index is 2.12. The van der Waals surface area contributed by atoms with Gasteiger partial charge in [0, 0.05) is 31.8 Å². The lowest BCUT2D eigenvalue weighted by Crippen LogP contribution is -2.34. The van der Waals surface area contributed by atoms with Crippen LogP contribution in [-0.2, 0) is 17.8 Å². The first-order chi connectivity index (χ1) is 13.5. The molecule has 0 aromatic heterocycles. The summed E-state index contributed by atoms with van der Waals surface area (Å²) in [6.45, 7) is 7.05. The van der Waals surface area contributed by atoms with E-state index in [-0.39, 0.29) is 0 Å². The van der Waals surface area contributed by atoms with Crippen molar-refractivity contribution in [1.29, 1.82) is 0 Å². The predicted molar refractivity (Wildman–Crippen MR) is 112 cm³/mol. The molecule has 2 aromatic rings. The van der Waals surface area contributed by atoms with Crippen LogP contribution in [-0.4, -0.2) is 50.1 Å². The van der Waals surface area contributed by atoms with E-state index in [4.69, 9.17) is 14.2 Å². The minimum atomic E-state index is -0.556. The molecule has 1 atom stereocenters. The van der Waals surface area contributed by atoms with Gasteiger partial charge in [0.05, 0.1) is 26.9 Å². The lowest BCUT2D eigenvalue weighted by molar-refractivity contribution is 0.00544. The molecule has 0 aliphatic carbocycles. The third-order valence-corrected chi connectivity index (χ3v) is 4.36. The Kier molecular flexibility index (Phi) is 9.28. The number of aliphatic hydroxyl groups excluding tert-OH is 1. The summed E-state index contributed by atoms with van der Waals surface area (Å²) in [5, 5.41) is 10.5. The summed E-state index contributed by atoms with van der Waals surface area (Å²) in [6.07, 6.45) is -0.556. The van der Waals surface area contributed by atoms with Crippen molar-refractivity contribution < 1.29 is 19.3 Å². The molecule has 28 heavy (non-hydrogen) atoms. The zero-order chi connectivity index (χ0) is 20.4. The summed E-state index contributed by atoms with van der Waals surface area (Å²) in [5.41, 5.74) is 2.22. The summed E-state index contributed by atoms with van der Waals surface area (Å²) in [5.74, 6) is 1.89. The molecular formula is C23H33NO4. The van der Waals surface area contributed by atoms with E-state index >= 15 is 0 Å². The van der Waals surface area contributed by atoms with Crippen LogP contribution in [0.15, 0.2) is 48.5 Å². The highest BCUT2D eigenvalue weighted by molar-refractivity contribution is 5.46. The average Bonchev–Trinajstić information content (AvgIpc) is 2.68.